The second-order valence-corrected chi connectivity index (χ2v) is 5.03. The summed E-state index contributed by atoms with van der Waals surface area (Å²) in [4.78, 5) is 21.2. The van der Waals surface area contributed by atoms with Crippen LogP contribution in [0.4, 0.5) is 0 Å². The maximum atomic E-state index is 10.8. The zero-order chi connectivity index (χ0) is 8.43. The average Bonchev–Trinajstić information content (AvgIpc) is 2.33. The number of carbonyl (C=O) groups is 2. The Bertz CT molecular complexity index is 172. The smallest absolute Gasteiger partial charge is 0.317 e. The van der Waals surface area contributed by atoms with Crippen LogP contribution in [0.5, 0.6) is 0 Å². The molecular weight excluding hydrogens is 184 g/mol. The van der Waals surface area contributed by atoms with Gasteiger partial charge in [-0.3, -0.25) is 9.59 Å². The van der Waals surface area contributed by atoms with E-state index in [1.54, 1.807) is 0 Å². The first kappa shape index (κ1) is 8.93. The zero-order valence-corrected chi connectivity index (χ0v) is 7.58. The van der Waals surface area contributed by atoms with E-state index in [0.717, 1.165) is 0 Å². The van der Waals surface area contributed by atoms with Crippen LogP contribution in [0.2, 0.25) is 0 Å². The van der Waals surface area contributed by atoms with Crippen LogP contribution in [0.15, 0.2) is 0 Å². The molecule has 0 saturated carbocycles. The van der Waals surface area contributed by atoms with E-state index in [4.69, 9.17) is 5.11 Å². The zero-order valence-electron chi connectivity index (χ0n) is 5.94. The van der Waals surface area contributed by atoms with Crippen LogP contribution >= 0.6 is 21.6 Å². The summed E-state index contributed by atoms with van der Waals surface area (Å²) in [5, 5.41) is 8.06. The van der Waals surface area contributed by atoms with Crippen molar-refractivity contribution in [3.8, 4) is 0 Å². The Balaban J connectivity index is 2.47. The largest absolute Gasteiger partial charge is 0.480 e. The number of Topliss-reactive ketones (excluding diaryl/α,β-unsaturated/α-hetero) is 1. The van der Waals surface area contributed by atoms with Gasteiger partial charge in [0.05, 0.1) is 5.25 Å². The lowest BCUT2D eigenvalue weighted by atomic mass is 10.2. The molecule has 11 heavy (non-hydrogen) atoms. The van der Waals surface area contributed by atoms with Crippen LogP contribution in [-0.2, 0) is 9.59 Å². The van der Waals surface area contributed by atoms with Crippen molar-refractivity contribution in [1.82, 2.24) is 0 Å². The normalized spacial score (nSPS) is 30.3. The van der Waals surface area contributed by atoms with Gasteiger partial charge in [-0.15, -0.1) is 0 Å². The van der Waals surface area contributed by atoms with Crippen molar-refractivity contribution < 1.29 is 14.7 Å². The van der Waals surface area contributed by atoms with Crippen LogP contribution in [0.3, 0.4) is 0 Å². The fourth-order valence-corrected chi connectivity index (χ4v) is 3.86. The lowest BCUT2D eigenvalue weighted by molar-refractivity contribution is -0.136. The predicted molar refractivity (Wildman–Crippen MR) is 45.7 cm³/mol. The number of carboxylic acids is 1. The van der Waals surface area contributed by atoms with E-state index in [9.17, 15) is 9.59 Å². The first-order chi connectivity index (χ1) is 5.11. The summed E-state index contributed by atoms with van der Waals surface area (Å²) < 4.78 is 0. The SMILES string of the molecule is CC(=O)C1CC(C(=O)O)SS1. The molecule has 3 nitrogen and oxygen atoms in total. The number of hydrogen-bond acceptors (Lipinski definition) is 4. The van der Waals surface area contributed by atoms with Crippen LogP contribution < -0.4 is 0 Å². The summed E-state index contributed by atoms with van der Waals surface area (Å²) in [6.07, 6.45) is 0.472. The Labute approximate surface area is 72.3 Å². The molecule has 0 spiro atoms. The van der Waals surface area contributed by atoms with Crippen molar-refractivity contribution in [3.05, 3.63) is 0 Å². The molecule has 1 aliphatic heterocycles. The maximum absolute atomic E-state index is 10.8. The molecule has 0 amide bonds. The molecule has 2 atom stereocenters. The van der Waals surface area contributed by atoms with Gasteiger partial charge in [0.25, 0.3) is 0 Å². The Morgan fingerprint density at radius 2 is 1.91 bits per heavy atom. The first-order valence-electron chi connectivity index (χ1n) is 3.16. The molecule has 1 heterocycles. The summed E-state index contributed by atoms with van der Waals surface area (Å²) >= 11 is 0. The molecule has 0 aromatic carbocycles. The van der Waals surface area contributed by atoms with Crippen LogP contribution in [0.25, 0.3) is 0 Å². The van der Waals surface area contributed by atoms with Gasteiger partial charge < -0.3 is 5.11 Å². The van der Waals surface area contributed by atoms with Crippen molar-refractivity contribution in [2.24, 2.45) is 0 Å². The number of hydrogen-bond donors (Lipinski definition) is 1. The second kappa shape index (κ2) is 3.49. The van der Waals surface area contributed by atoms with Gasteiger partial charge in [0.15, 0.2) is 0 Å². The summed E-state index contributed by atoms with van der Waals surface area (Å²) in [7, 11) is 2.66. The van der Waals surface area contributed by atoms with Crippen molar-refractivity contribution in [2.75, 3.05) is 0 Å². The fraction of sp³-hybridized carbons (Fsp3) is 0.667. The van der Waals surface area contributed by atoms with Gasteiger partial charge in [-0.25, -0.2) is 0 Å². The van der Waals surface area contributed by atoms with Gasteiger partial charge in [0, 0.05) is 0 Å². The minimum atomic E-state index is -0.814. The van der Waals surface area contributed by atoms with Crippen LogP contribution in [0.1, 0.15) is 13.3 Å². The van der Waals surface area contributed by atoms with Gasteiger partial charge in [-0.05, 0) is 13.3 Å². The molecule has 0 aliphatic carbocycles. The number of aliphatic carboxylic acids is 1. The van der Waals surface area contributed by atoms with E-state index < -0.39 is 11.2 Å². The Morgan fingerprint density at radius 3 is 2.18 bits per heavy atom. The molecule has 0 aromatic heterocycles. The number of rotatable bonds is 2. The Kier molecular flexibility index (Phi) is 2.84. The lowest BCUT2D eigenvalue weighted by Crippen LogP contribution is -2.18. The summed E-state index contributed by atoms with van der Waals surface area (Å²) in [6, 6.07) is 0. The molecule has 1 N–H and O–H groups in total. The van der Waals surface area contributed by atoms with Crippen molar-refractivity contribution in [2.45, 2.75) is 23.8 Å². The monoisotopic (exact) mass is 192 g/mol. The van der Waals surface area contributed by atoms with E-state index in [1.807, 2.05) is 0 Å². The van der Waals surface area contributed by atoms with Crippen molar-refractivity contribution in [1.29, 1.82) is 0 Å². The highest BCUT2D eigenvalue weighted by Gasteiger charge is 2.33. The Morgan fingerprint density at radius 1 is 1.36 bits per heavy atom. The quantitative estimate of drug-likeness (QED) is 0.666. The third kappa shape index (κ3) is 2.13. The third-order valence-corrected chi connectivity index (χ3v) is 4.67. The minimum absolute atomic E-state index is 0.0752. The third-order valence-electron chi connectivity index (χ3n) is 1.44. The highest BCUT2D eigenvalue weighted by Crippen LogP contribution is 2.43. The topological polar surface area (TPSA) is 54.4 Å². The highest BCUT2D eigenvalue weighted by molar-refractivity contribution is 8.78. The summed E-state index contributed by atoms with van der Waals surface area (Å²) in [5.74, 6) is -0.738. The van der Waals surface area contributed by atoms with Crippen molar-refractivity contribution in [3.63, 3.8) is 0 Å². The van der Waals surface area contributed by atoms with E-state index in [2.05, 4.69) is 0 Å². The Hall–Kier alpha value is -0.160. The van der Waals surface area contributed by atoms with Gasteiger partial charge in [-0.1, -0.05) is 21.6 Å². The molecule has 62 valence electrons. The molecular formula is C6H8O3S2. The van der Waals surface area contributed by atoms with Crippen molar-refractivity contribution >= 4 is 33.3 Å². The van der Waals surface area contributed by atoms with Crippen LogP contribution in [0, 0.1) is 0 Å². The molecule has 0 radical (unpaired) electrons. The molecule has 5 heteroatoms. The molecule has 1 saturated heterocycles. The van der Waals surface area contributed by atoms with Gasteiger partial charge in [0.2, 0.25) is 0 Å². The van der Waals surface area contributed by atoms with E-state index >= 15 is 0 Å². The molecule has 1 fully saturated rings. The van der Waals surface area contributed by atoms with Crippen LogP contribution in [-0.4, -0.2) is 27.4 Å². The maximum Gasteiger partial charge on any atom is 0.317 e. The summed E-state index contributed by atoms with van der Waals surface area (Å²) in [5.41, 5.74) is 0. The van der Waals surface area contributed by atoms with Gasteiger partial charge in [-0.2, -0.15) is 0 Å². The molecule has 0 bridgehead atoms. The number of carbonyl (C=O) groups excluding carboxylic acids is 1. The number of carboxylic acid groups (broad SMARTS) is 1. The van der Waals surface area contributed by atoms with E-state index in [-0.39, 0.29) is 11.0 Å². The van der Waals surface area contributed by atoms with E-state index in [0.29, 0.717) is 6.42 Å². The number of ketones is 1. The fourth-order valence-electron chi connectivity index (χ4n) is 0.783. The first-order valence-corrected chi connectivity index (χ1v) is 5.44. The highest BCUT2D eigenvalue weighted by atomic mass is 33.1. The standard InChI is InChI=1S/C6H8O3S2/c1-3(7)4-2-5(6(8)9)11-10-4/h4-5H,2H2,1H3,(H,8,9). The minimum Gasteiger partial charge on any atom is -0.480 e. The molecule has 2 unspecified atom stereocenters. The summed E-state index contributed by atoms with van der Waals surface area (Å²) in [6.45, 7) is 1.50. The second-order valence-electron chi connectivity index (χ2n) is 2.35. The average molecular weight is 192 g/mol. The lowest BCUT2D eigenvalue weighted by Gasteiger charge is -2.00. The molecule has 1 rings (SSSR count). The van der Waals surface area contributed by atoms with Gasteiger partial charge >= 0.3 is 5.97 Å². The van der Waals surface area contributed by atoms with Gasteiger partial charge in [0.1, 0.15) is 11.0 Å². The predicted octanol–water partition coefficient (Wildman–Crippen LogP) is 1.18. The molecule has 1 aliphatic rings. The van der Waals surface area contributed by atoms with E-state index in [1.165, 1.54) is 28.5 Å². The molecule has 0 aromatic rings.